The molecule has 1 aliphatic rings. The van der Waals surface area contributed by atoms with E-state index in [4.69, 9.17) is 36.1 Å². The number of rotatable bonds is 7. The van der Waals surface area contributed by atoms with E-state index in [2.05, 4.69) is 29.2 Å². The van der Waals surface area contributed by atoms with Gasteiger partial charge in [-0.1, -0.05) is 54.1 Å². The van der Waals surface area contributed by atoms with Crippen LogP contribution in [0.15, 0.2) is 96.1 Å². The van der Waals surface area contributed by atoms with Gasteiger partial charge < -0.3 is 14.4 Å². The Kier molecular flexibility index (Phi) is 7.20. The number of fused-ring (bicyclic) bond motifs is 1. The molecule has 1 aromatic heterocycles. The highest BCUT2D eigenvalue weighted by atomic mass is 35.5. The predicted molar refractivity (Wildman–Crippen MR) is 167 cm³/mol. The molecule has 0 bridgehead atoms. The van der Waals surface area contributed by atoms with E-state index in [1.807, 2.05) is 85.8 Å². The lowest BCUT2D eigenvalue weighted by Gasteiger charge is -2.23. The van der Waals surface area contributed by atoms with Crippen LogP contribution in [0.2, 0.25) is 5.02 Å². The SMILES string of the molecule is COc1ccc(C2=NN(c3nc(-c4ccccc4)c4cc(Cl)ccc4n3)[C@@H](c3ccc(N(C)C)cc3)C2)cc1OC. The van der Waals surface area contributed by atoms with E-state index in [1.54, 1.807) is 14.2 Å². The summed E-state index contributed by atoms with van der Waals surface area (Å²) in [6.07, 6.45) is 0.666. The minimum atomic E-state index is -0.109. The molecule has 0 radical (unpaired) electrons. The van der Waals surface area contributed by atoms with Gasteiger partial charge in [-0.05, 0) is 54.1 Å². The average Bonchev–Trinajstić information content (AvgIpc) is 3.46. The van der Waals surface area contributed by atoms with Gasteiger partial charge in [0, 0.05) is 47.7 Å². The summed E-state index contributed by atoms with van der Waals surface area (Å²) < 4.78 is 11.0. The van der Waals surface area contributed by atoms with E-state index in [0.717, 1.165) is 44.7 Å². The first-order valence-electron chi connectivity index (χ1n) is 13.3. The van der Waals surface area contributed by atoms with Crippen molar-refractivity contribution < 1.29 is 9.47 Å². The number of ether oxygens (including phenoxy) is 2. The maximum atomic E-state index is 6.41. The molecule has 0 saturated heterocycles. The lowest BCUT2D eigenvalue weighted by molar-refractivity contribution is 0.355. The fourth-order valence-corrected chi connectivity index (χ4v) is 5.32. The molecule has 7 nitrogen and oxygen atoms in total. The Morgan fingerprint density at radius 3 is 2.27 bits per heavy atom. The zero-order chi connectivity index (χ0) is 28.5. The van der Waals surface area contributed by atoms with Crippen LogP contribution in [0.25, 0.3) is 22.2 Å². The molecule has 1 aliphatic heterocycles. The fraction of sp³-hybridized carbons (Fsp3) is 0.182. The first kappa shape index (κ1) is 26.6. The van der Waals surface area contributed by atoms with Crippen LogP contribution in [0.3, 0.4) is 0 Å². The maximum absolute atomic E-state index is 6.41. The first-order chi connectivity index (χ1) is 19.9. The minimum Gasteiger partial charge on any atom is -0.493 e. The van der Waals surface area contributed by atoms with Crippen molar-refractivity contribution in [3.05, 3.63) is 107 Å². The van der Waals surface area contributed by atoms with Crippen molar-refractivity contribution in [2.75, 3.05) is 38.2 Å². The summed E-state index contributed by atoms with van der Waals surface area (Å²) in [5.74, 6) is 1.85. The Bertz CT molecular complexity index is 1740. The summed E-state index contributed by atoms with van der Waals surface area (Å²) in [7, 11) is 7.35. The summed E-state index contributed by atoms with van der Waals surface area (Å²) in [6, 6.07) is 30.1. The molecule has 6 rings (SSSR count). The van der Waals surface area contributed by atoms with Crippen molar-refractivity contribution in [1.29, 1.82) is 0 Å². The fourth-order valence-electron chi connectivity index (χ4n) is 5.15. The number of hydrazone groups is 1. The summed E-state index contributed by atoms with van der Waals surface area (Å²) in [6.45, 7) is 0. The number of hydrogen-bond acceptors (Lipinski definition) is 7. The Morgan fingerprint density at radius 2 is 1.56 bits per heavy atom. The molecule has 0 amide bonds. The highest BCUT2D eigenvalue weighted by molar-refractivity contribution is 6.31. The van der Waals surface area contributed by atoms with Crippen LogP contribution in [0.1, 0.15) is 23.6 Å². The molecule has 5 aromatic rings. The van der Waals surface area contributed by atoms with Crippen molar-refractivity contribution in [2.24, 2.45) is 5.10 Å². The number of benzene rings is 4. The highest BCUT2D eigenvalue weighted by Gasteiger charge is 2.33. The zero-order valence-corrected chi connectivity index (χ0v) is 24.1. The van der Waals surface area contributed by atoms with Crippen LogP contribution in [0, 0.1) is 0 Å². The second kappa shape index (κ2) is 11.1. The van der Waals surface area contributed by atoms with Gasteiger partial charge in [0.2, 0.25) is 5.95 Å². The molecule has 0 aliphatic carbocycles. The Labute approximate surface area is 244 Å². The quantitative estimate of drug-likeness (QED) is 0.206. The largest absolute Gasteiger partial charge is 0.493 e. The van der Waals surface area contributed by atoms with Gasteiger partial charge in [0.25, 0.3) is 0 Å². The predicted octanol–water partition coefficient (Wildman–Crippen LogP) is 7.39. The second-order valence-corrected chi connectivity index (χ2v) is 10.5. The average molecular weight is 564 g/mol. The van der Waals surface area contributed by atoms with E-state index in [0.29, 0.717) is 28.9 Å². The lowest BCUT2D eigenvalue weighted by Crippen LogP contribution is -2.21. The summed E-state index contributed by atoms with van der Waals surface area (Å²) in [5, 5.41) is 8.60. The van der Waals surface area contributed by atoms with E-state index in [-0.39, 0.29) is 6.04 Å². The van der Waals surface area contributed by atoms with Crippen molar-refractivity contribution in [3.8, 4) is 22.8 Å². The van der Waals surface area contributed by atoms with Crippen LogP contribution in [-0.4, -0.2) is 44.0 Å². The number of nitrogens with zero attached hydrogens (tertiary/aromatic N) is 5. The van der Waals surface area contributed by atoms with Gasteiger partial charge in [-0.15, -0.1) is 0 Å². The van der Waals surface area contributed by atoms with Crippen molar-refractivity contribution in [3.63, 3.8) is 0 Å². The van der Waals surface area contributed by atoms with Gasteiger partial charge in [0.15, 0.2) is 11.5 Å². The molecular weight excluding hydrogens is 534 g/mol. The molecule has 4 aromatic carbocycles. The number of halogens is 1. The number of anilines is 2. The maximum Gasteiger partial charge on any atom is 0.247 e. The topological polar surface area (TPSA) is 63.1 Å². The third-order valence-electron chi connectivity index (χ3n) is 7.32. The molecular formula is C33H30ClN5O2. The lowest BCUT2D eigenvalue weighted by atomic mass is 9.98. The molecule has 0 saturated carbocycles. The summed E-state index contributed by atoms with van der Waals surface area (Å²) >= 11 is 6.41. The normalized spacial score (nSPS) is 14.7. The van der Waals surface area contributed by atoms with Gasteiger partial charge in [-0.25, -0.2) is 15.0 Å². The van der Waals surface area contributed by atoms with Crippen LogP contribution >= 0.6 is 11.6 Å². The van der Waals surface area contributed by atoms with E-state index < -0.39 is 0 Å². The second-order valence-electron chi connectivity index (χ2n) is 10.1. The van der Waals surface area contributed by atoms with Crippen molar-refractivity contribution >= 4 is 39.9 Å². The van der Waals surface area contributed by atoms with E-state index in [1.165, 1.54) is 0 Å². The highest BCUT2D eigenvalue weighted by Crippen LogP contribution is 2.39. The van der Waals surface area contributed by atoms with E-state index >= 15 is 0 Å². The van der Waals surface area contributed by atoms with Gasteiger partial charge in [0.05, 0.1) is 37.2 Å². The molecule has 0 N–H and O–H groups in total. The van der Waals surface area contributed by atoms with Gasteiger partial charge in [-0.3, -0.25) is 0 Å². The van der Waals surface area contributed by atoms with Crippen LogP contribution < -0.4 is 19.4 Å². The van der Waals surface area contributed by atoms with Crippen molar-refractivity contribution in [1.82, 2.24) is 9.97 Å². The smallest absolute Gasteiger partial charge is 0.247 e. The minimum absolute atomic E-state index is 0.109. The zero-order valence-electron chi connectivity index (χ0n) is 23.4. The van der Waals surface area contributed by atoms with E-state index in [9.17, 15) is 0 Å². The van der Waals surface area contributed by atoms with Crippen LogP contribution in [0.5, 0.6) is 11.5 Å². The number of aromatic nitrogens is 2. The monoisotopic (exact) mass is 563 g/mol. The molecule has 206 valence electrons. The first-order valence-corrected chi connectivity index (χ1v) is 13.7. The van der Waals surface area contributed by atoms with Crippen LogP contribution in [-0.2, 0) is 0 Å². The molecule has 2 heterocycles. The third kappa shape index (κ3) is 5.16. The molecule has 0 spiro atoms. The standard InChI is InChI=1S/C33H30ClN5O2/c1-38(2)25-14-10-21(11-15-25)29-20-28(23-12-17-30(40-3)31(18-23)41-4)37-39(29)33-35-27-16-13-24(34)19-26(27)32(36-33)22-8-6-5-7-9-22/h5-19,29H,20H2,1-4H3/t29-/m1/s1. The molecule has 0 fully saturated rings. The summed E-state index contributed by atoms with van der Waals surface area (Å²) in [5.41, 5.74) is 6.71. The number of hydrogen-bond donors (Lipinski definition) is 0. The third-order valence-corrected chi connectivity index (χ3v) is 7.55. The van der Waals surface area contributed by atoms with Gasteiger partial charge >= 0.3 is 0 Å². The Hall–Kier alpha value is -4.62. The Morgan fingerprint density at radius 1 is 0.805 bits per heavy atom. The molecule has 41 heavy (non-hydrogen) atoms. The van der Waals surface area contributed by atoms with Gasteiger partial charge in [0.1, 0.15) is 0 Å². The summed E-state index contributed by atoms with van der Waals surface area (Å²) in [4.78, 5) is 12.2. The van der Waals surface area contributed by atoms with Crippen LogP contribution in [0.4, 0.5) is 11.6 Å². The van der Waals surface area contributed by atoms with Gasteiger partial charge in [-0.2, -0.15) is 5.10 Å². The molecule has 0 unspecified atom stereocenters. The molecule has 8 heteroatoms. The Balaban J connectivity index is 1.51. The van der Waals surface area contributed by atoms with Crippen molar-refractivity contribution in [2.45, 2.75) is 12.5 Å². The number of methoxy groups -OCH3 is 2. The molecule has 1 atom stereocenters.